The van der Waals surface area contributed by atoms with Crippen molar-refractivity contribution in [2.45, 2.75) is 19.4 Å². The quantitative estimate of drug-likeness (QED) is 0.837. The summed E-state index contributed by atoms with van der Waals surface area (Å²) in [7, 11) is 3.02. The fourth-order valence-electron chi connectivity index (χ4n) is 1.69. The van der Waals surface area contributed by atoms with Gasteiger partial charge in [-0.1, -0.05) is 22.9 Å². The molecule has 1 rings (SSSR count). The molecular formula is C13H17BrO5. The molecule has 0 saturated heterocycles. The first kappa shape index (κ1) is 15.8. The molecule has 106 valence electrons. The van der Waals surface area contributed by atoms with Crippen LogP contribution in [0.4, 0.5) is 0 Å². The van der Waals surface area contributed by atoms with Gasteiger partial charge >= 0.3 is 5.97 Å². The minimum atomic E-state index is -0.935. The first-order valence-corrected chi connectivity index (χ1v) is 6.52. The summed E-state index contributed by atoms with van der Waals surface area (Å²) in [6, 6.07) is 3.32. The van der Waals surface area contributed by atoms with Crippen molar-refractivity contribution >= 4 is 21.9 Å². The van der Waals surface area contributed by atoms with Gasteiger partial charge in [-0.2, -0.15) is 0 Å². The summed E-state index contributed by atoms with van der Waals surface area (Å²) in [5.41, 5.74) is 0.575. The van der Waals surface area contributed by atoms with Crippen molar-refractivity contribution in [1.29, 1.82) is 0 Å². The van der Waals surface area contributed by atoms with Gasteiger partial charge in [-0.05, 0) is 24.1 Å². The summed E-state index contributed by atoms with van der Waals surface area (Å²) in [6.07, 6.45) is -0.760. The van der Waals surface area contributed by atoms with Crippen molar-refractivity contribution in [2.75, 3.05) is 14.2 Å². The van der Waals surface area contributed by atoms with Gasteiger partial charge < -0.3 is 19.7 Å². The molecule has 0 aliphatic heterocycles. The average molecular weight is 333 g/mol. The third-order valence-electron chi connectivity index (χ3n) is 2.86. The lowest BCUT2D eigenvalue weighted by Crippen LogP contribution is -2.14. The van der Waals surface area contributed by atoms with E-state index in [9.17, 15) is 9.90 Å². The van der Waals surface area contributed by atoms with Gasteiger partial charge in [-0.25, -0.2) is 0 Å². The molecule has 0 aliphatic rings. The molecule has 0 aliphatic carbocycles. The van der Waals surface area contributed by atoms with Crippen molar-refractivity contribution in [3.63, 3.8) is 0 Å². The van der Waals surface area contributed by atoms with Crippen LogP contribution in [-0.2, 0) is 4.79 Å². The number of halogens is 1. The monoisotopic (exact) mass is 332 g/mol. The SMILES string of the molecule is COc1cc(Br)c(C(O)CC(C)C(=O)O)cc1OC. The van der Waals surface area contributed by atoms with E-state index in [1.165, 1.54) is 14.2 Å². The molecule has 0 aromatic heterocycles. The van der Waals surface area contributed by atoms with Crippen LogP contribution in [0.25, 0.3) is 0 Å². The molecule has 19 heavy (non-hydrogen) atoms. The Hall–Kier alpha value is -1.27. The summed E-state index contributed by atoms with van der Waals surface area (Å²) in [6.45, 7) is 1.56. The van der Waals surface area contributed by atoms with E-state index in [0.29, 0.717) is 21.5 Å². The summed E-state index contributed by atoms with van der Waals surface area (Å²) in [5, 5.41) is 19.0. The number of rotatable bonds is 6. The van der Waals surface area contributed by atoms with Gasteiger partial charge in [0.15, 0.2) is 11.5 Å². The highest BCUT2D eigenvalue weighted by Crippen LogP contribution is 2.37. The van der Waals surface area contributed by atoms with Gasteiger partial charge in [0.1, 0.15) is 0 Å². The second-order valence-electron chi connectivity index (χ2n) is 4.22. The molecule has 0 bridgehead atoms. The van der Waals surface area contributed by atoms with Crippen LogP contribution in [0, 0.1) is 5.92 Å². The largest absolute Gasteiger partial charge is 0.493 e. The highest BCUT2D eigenvalue weighted by Gasteiger charge is 2.21. The Labute approximate surface area is 120 Å². The van der Waals surface area contributed by atoms with Crippen LogP contribution >= 0.6 is 15.9 Å². The summed E-state index contributed by atoms with van der Waals surface area (Å²) < 4.78 is 10.9. The lowest BCUT2D eigenvalue weighted by atomic mass is 9.98. The molecule has 0 spiro atoms. The molecule has 1 aromatic carbocycles. The van der Waals surface area contributed by atoms with Crippen LogP contribution in [0.5, 0.6) is 11.5 Å². The van der Waals surface area contributed by atoms with E-state index < -0.39 is 18.0 Å². The number of benzene rings is 1. The molecule has 0 fully saturated rings. The maximum absolute atomic E-state index is 10.8. The maximum Gasteiger partial charge on any atom is 0.306 e. The van der Waals surface area contributed by atoms with Gasteiger partial charge in [0.2, 0.25) is 0 Å². The van der Waals surface area contributed by atoms with Crippen LogP contribution in [0.3, 0.4) is 0 Å². The van der Waals surface area contributed by atoms with Crippen molar-refractivity contribution in [3.05, 3.63) is 22.2 Å². The Bertz CT molecular complexity index is 461. The number of ether oxygens (including phenoxy) is 2. The number of methoxy groups -OCH3 is 2. The molecular weight excluding hydrogens is 316 g/mol. The normalized spacial score (nSPS) is 13.7. The van der Waals surface area contributed by atoms with E-state index in [4.69, 9.17) is 14.6 Å². The first-order chi connectivity index (χ1) is 8.90. The number of carboxylic acids is 1. The number of carboxylic acid groups (broad SMARTS) is 1. The van der Waals surface area contributed by atoms with E-state index in [0.717, 1.165) is 0 Å². The standard InChI is InChI=1S/C13H17BrO5/c1-7(13(16)17)4-10(15)8-5-11(18-2)12(19-3)6-9(8)14/h5-7,10,15H,4H2,1-3H3,(H,16,17). The molecule has 6 heteroatoms. The average Bonchev–Trinajstić information content (AvgIpc) is 2.37. The Balaban J connectivity index is 3.02. The number of hydrogen-bond acceptors (Lipinski definition) is 4. The third kappa shape index (κ3) is 3.84. The van der Waals surface area contributed by atoms with Crippen molar-refractivity contribution in [2.24, 2.45) is 5.92 Å². The van der Waals surface area contributed by atoms with Crippen LogP contribution < -0.4 is 9.47 Å². The van der Waals surface area contributed by atoms with Crippen molar-refractivity contribution in [1.82, 2.24) is 0 Å². The van der Waals surface area contributed by atoms with Gasteiger partial charge in [-0.15, -0.1) is 0 Å². The summed E-state index contributed by atoms with van der Waals surface area (Å²) in [4.78, 5) is 10.8. The predicted octanol–water partition coefficient (Wildman–Crippen LogP) is 2.61. The Morgan fingerprint density at radius 3 is 2.32 bits per heavy atom. The van der Waals surface area contributed by atoms with E-state index in [2.05, 4.69) is 15.9 Å². The zero-order valence-corrected chi connectivity index (χ0v) is 12.6. The van der Waals surface area contributed by atoms with Gasteiger partial charge in [0.25, 0.3) is 0 Å². The number of aliphatic hydroxyl groups is 1. The Kier molecular flexibility index (Phi) is 5.62. The smallest absolute Gasteiger partial charge is 0.306 e. The third-order valence-corrected chi connectivity index (χ3v) is 3.55. The minimum absolute atomic E-state index is 0.128. The van der Waals surface area contributed by atoms with Gasteiger partial charge in [-0.3, -0.25) is 4.79 Å². The topological polar surface area (TPSA) is 76.0 Å². The highest BCUT2D eigenvalue weighted by atomic mass is 79.9. The molecule has 0 radical (unpaired) electrons. The fourth-order valence-corrected chi connectivity index (χ4v) is 2.27. The molecule has 1 aromatic rings. The highest BCUT2D eigenvalue weighted by molar-refractivity contribution is 9.10. The van der Waals surface area contributed by atoms with Crippen molar-refractivity contribution < 1.29 is 24.5 Å². The zero-order valence-electron chi connectivity index (χ0n) is 11.0. The zero-order chi connectivity index (χ0) is 14.6. The molecule has 2 unspecified atom stereocenters. The molecule has 5 nitrogen and oxygen atoms in total. The first-order valence-electron chi connectivity index (χ1n) is 5.73. The van der Waals surface area contributed by atoms with E-state index in [-0.39, 0.29) is 6.42 Å². The van der Waals surface area contributed by atoms with Crippen LogP contribution in [0.2, 0.25) is 0 Å². The second-order valence-corrected chi connectivity index (χ2v) is 5.07. The lowest BCUT2D eigenvalue weighted by Gasteiger charge is -2.17. The molecule has 0 heterocycles. The number of aliphatic hydroxyl groups excluding tert-OH is 1. The van der Waals surface area contributed by atoms with Crippen LogP contribution in [0.1, 0.15) is 25.0 Å². The second kappa shape index (κ2) is 6.77. The predicted molar refractivity (Wildman–Crippen MR) is 73.6 cm³/mol. The molecule has 2 N–H and O–H groups in total. The minimum Gasteiger partial charge on any atom is -0.493 e. The maximum atomic E-state index is 10.8. The van der Waals surface area contributed by atoms with Crippen molar-refractivity contribution in [3.8, 4) is 11.5 Å². The lowest BCUT2D eigenvalue weighted by molar-refractivity contribution is -0.142. The molecule has 0 amide bonds. The van der Waals surface area contributed by atoms with Gasteiger partial charge in [0, 0.05) is 4.47 Å². The Morgan fingerprint density at radius 1 is 1.32 bits per heavy atom. The van der Waals surface area contributed by atoms with Gasteiger partial charge in [0.05, 0.1) is 26.2 Å². The summed E-state index contributed by atoms with van der Waals surface area (Å²) in [5.74, 6) is -0.537. The molecule has 0 saturated carbocycles. The van der Waals surface area contributed by atoms with Crippen LogP contribution in [-0.4, -0.2) is 30.4 Å². The number of carbonyl (C=O) groups is 1. The fraction of sp³-hybridized carbons (Fsp3) is 0.462. The number of hydrogen-bond donors (Lipinski definition) is 2. The van der Waals surface area contributed by atoms with E-state index in [1.54, 1.807) is 19.1 Å². The van der Waals surface area contributed by atoms with Crippen LogP contribution in [0.15, 0.2) is 16.6 Å². The summed E-state index contributed by atoms with van der Waals surface area (Å²) >= 11 is 3.34. The van der Waals surface area contributed by atoms with E-state index >= 15 is 0 Å². The Morgan fingerprint density at radius 2 is 1.84 bits per heavy atom. The van der Waals surface area contributed by atoms with E-state index in [1.807, 2.05) is 0 Å². The number of aliphatic carboxylic acids is 1. The molecule has 2 atom stereocenters.